The van der Waals surface area contributed by atoms with Crippen molar-refractivity contribution >= 4 is 17.5 Å². The standard InChI is InChI=1S/C19H20ClNO3/c1-23-17-9-14(10-18(11-17)24-2)19(22)21(16-7-8-16)12-13-3-5-15(20)6-4-13/h3-6,9-11,16H,7-8,12H2,1-2H3. The van der Waals surface area contributed by atoms with Crippen LogP contribution in [0.2, 0.25) is 5.02 Å². The third-order valence-corrected chi connectivity index (χ3v) is 4.37. The van der Waals surface area contributed by atoms with Crippen LogP contribution in [0.15, 0.2) is 42.5 Å². The van der Waals surface area contributed by atoms with Crippen molar-refractivity contribution in [2.45, 2.75) is 25.4 Å². The van der Waals surface area contributed by atoms with Crippen molar-refractivity contribution in [2.24, 2.45) is 0 Å². The van der Waals surface area contributed by atoms with Crippen LogP contribution in [0.25, 0.3) is 0 Å². The predicted octanol–water partition coefficient (Wildman–Crippen LogP) is 4.16. The van der Waals surface area contributed by atoms with Gasteiger partial charge in [-0.05, 0) is 42.7 Å². The maximum absolute atomic E-state index is 13.0. The Kier molecular flexibility index (Phi) is 4.95. The van der Waals surface area contributed by atoms with Crippen LogP contribution in [0.5, 0.6) is 11.5 Å². The number of amides is 1. The van der Waals surface area contributed by atoms with E-state index in [0.717, 1.165) is 18.4 Å². The minimum Gasteiger partial charge on any atom is -0.497 e. The van der Waals surface area contributed by atoms with Crippen LogP contribution in [0.1, 0.15) is 28.8 Å². The molecule has 0 aliphatic heterocycles. The molecule has 24 heavy (non-hydrogen) atoms. The van der Waals surface area contributed by atoms with Crippen LogP contribution in [-0.4, -0.2) is 31.1 Å². The zero-order valence-corrected chi connectivity index (χ0v) is 14.5. The van der Waals surface area contributed by atoms with Crippen LogP contribution in [0.4, 0.5) is 0 Å². The van der Waals surface area contributed by atoms with Crippen molar-refractivity contribution in [3.63, 3.8) is 0 Å². The number of methoxy groups -OCH3 is 2. The van der Waals surface area contributed by atoms with Crippen LogP contribution in [0, 0.1) is 0 Å². The number of nitrogens with zero attached hydrogens (tertiary/aromatic N) is 1. The van der Waals surface area contributed by atoms with Gasteiger partial charge in [0.2, 0.25) is 0 Å². The molecule has 126 valence electrons. The fourth-order valence-electron chi connectivity index (χ4n) is 2.64. The van der Waals surface area contributed by atoms with Crippen molar-refractivity contribution in [2.75, 3.05) is 14.2 Å². The summed E-state index contributed by atoms with van der Waals surface area (Å²) in [5.74, 6) is 1.21. The maximum atomic E-state index is 13.0. The van der Waals surface area contributed by atoms with E-state index in [1.165, 1.54) is 0 Å². The molecule has 1 aliphatic rings. The fraction of sp³-hybridized carbons (Fsp3) is 0.316. The first-order chi connectivity index (χ1) is 11.6. The summed E-state index contributed by atoms with van der Waals surface area (Å²) in [5, 5.41) is 0.695. The Morgan fingerprint density at radius 3 is 2.17 bits per heavy atom. The minimum absolute atomic E-state index is 0.00958. The number of hydrogen-bond acceptors (Lipinski definition) is 3. The summed E-state index contributed by atoms with van der Waals surface area (Å²) in [6, 6.07) is 13.2. The summed E-state index contributed by atoms with van der Waals surface area (Å²) in [5.41, 5.74) is 1.64. The molecule has 0 spiro atoms. The molecule has 4 nitrogen and oxygen atoms in total. The monoisotopic (exact) mass is 345 g/mol. The van der Waals surface area contributed by atoms with Gasteiger partial charge in [-0.3, -0.25) is 4.79 Å². The van der Waals surface area contributed by atoms with Crippen molar-refractivity contribution in [3.05, 3.63) is 58.6 Å². The smallest absolute Gasteiger partial charge is 0.254 e. The van der Waals surface area contributed by atoms with E-state index in [9.17, 15) is 4.79 Å². The number of benzene rings is 2. The van der Waals surface area contributed by atoms with Gasteiger partial charge in [0.05, 0.1) is 14.2 Å². The average molecular weight is 346 g/mol. The lowest BCUT2D eigenvalue weighted by Gasteiger charge is -2.23. The van der Waals surface area contributed by atoms with Gasteiger partial charge in [-0.25, -0.2) is 0 Å². The number of rotatable bonds is 6. The van der Waals surface area contributed by atoms with E-state index in [4.69, 9.17) is 21.1 Å². The van der Waals surface area contributed by atoms with E-state index in [2.05, 4.69) is 0 Å². The number of carbonyl (C=O) groups is 1. The first kappa shape index (κ1) is 16.7. The molecule has 0 unspecified atom stereocenters. The van der Waals surface area contributed by atoms with Gasteiger partial charge in [-0.2, -0.15) is 0 Å². The summed E-state index contributed by atoms with van der Waals surface area (Å²) >= 11 is 5.94. The molecular weight excluding hydrogens is 326 g/mol. The summed E-state index contributed by atoms with van der Waals surface area (Å²) in [6.45, 7) is 0.570. The molecule has 0 saturated heterocycles. The molecule has 0 atom stereocenters. The van der Waals surface area contributed by atoms with Crippen molar-refractivity contribution in [1.29, 1.82) is 0 Å². The maximum Gasteiger partial charge on any atom is 0.254 e. The van der Waals surface area contributed by atoms with Crippen LogP contribution >= 0.6 is 11.6 Å². The van der Waals surface area contributed by atoms with Gasteiger partial charge >= 0.3 is 0 Å². The molecule has 0 bridgehead atoms. The highest BCUT2D eigenvalue weighted by Crippen LogP contribution is 2.31. The molecular formula is C19H20ClNO3. The van der Waals surface area contributed by atoms with Gasteiger partial charge in [0.1, 0.15) is 11.5 Å². The van der Waals surface area contributed by atoms with E-state index >= 15 is 0 Å². The molecule has 1 saturated carbocycles. The molecule has 0 radical (unpaired) electrons. The highest BCUT2D eigenvalue weighted by atomic mass is 35.5. The Morgan fingerprint density at radius 1 is 1.08 bits per heavy atom. The number of hydrogen-bond donors (Lipinski definition) is 0. The lowest BCUT2D eigenvalue weighted by molar-refractivity contribution is 0.0729. The quantitative estimate of drug-likeness (QED) is 0.789. The number of carbonyl (C=O) groups excluding carboxylic acids is 1. The summed E-state index contributed by atoms with van der Waals surface area (Å²) in [7, 11) is 3.16. The Labute approximate surface area is 146 Å². The van der Waals surface area contributed by atoms with Gasteiger partial charge in [-0.15, -0.1) is 0 Å². The minimum atomic E-state index is -0.00958. The Balaban J connectivity index is 1.85. The van der Waals surface area contributed by atoms with Crippen LogP contribution < -0.4 is 9.47 Å². The summed E-state index contributed by atoms with van der Waals surface area (Å²) < 4.78 is 10.5. The van der Waals surface area contributed by atoms with E-state index in [-0.39, 0.29) is 5.91 Å². The zero-order chi connectivity index (χ0) is 17.1. The largest absolute Gasteiger partial charge is 0.497 e. The van der Waals surface area contributed by atoms with E-state index in [1.54, 1.807) is 32.4 Å². The summed E-state index contributed by atoms with van der Waals surface area (Å²) in [4.78, 5) is 14.9. The average Bonchev–Trinajstić information content (AvgIpc) is 3.45. The topological polar surface area (TPSA) is 38.8 Å². The van der Waals surface area contributed by atoms with Crippen LogP contribution in [-0.2, 0) is 6.54 Å². The van der Waals surface area contributed by atoms with Crippen LogP contribution in [0.3, 0.4) is 0 Å². The van der Waals surface area contributed by atoms with Gasteiger partial charge in [0.15, 0.2) is 0 Å². The lowest BCUT2D eigenvalue weighted by atomic mass is 10.1. The van der Waals surface area contributed by atoms with Gasteiger partial charge < -0.3 is 14.4 Å². The number of halogens is 1. The van der Waals surface area contributed by atoms with E-state index < -0.39 is 0 Å². The lowest BCUT2D eigenvalue weighted by Crippen LogP contribution is -2.32. The Morgan fingerprint density at radius 2 is 1.67 bits per heavy atom. The molecule has 0 N–H and O–H groups in total. The third-order valence-electron chi connectivity index (χ3n) is 4.11. The normalized spacial score (nSPS) is 13.5. The summed E-state index contributed by atoms with van der Waals surface area (Å²) in [6.07, 6.45) is 2.08. The van der Waals surface area contributed by atoms with Gasteiger partial charge in [-0.1, -0.05) is 23.7 Å². The second kappa shape index (κ2) is 7.14. The van der Waals surface area contributed by atoms with Crippen molar-refractivity contribution in [1.82, 2.24) is 4.90 Å². The second-order valence-electron chi connectivity index (χ2n) is 5.89. The van der Waals surface area contributed by atoms with Gasteiger partial charge in [0.25, 0.3) is 5.91 Å². The molecule has 0 heterocycles. The van der Waals surface area contributed by atoms with E-state index in [1.807, 2.05) is 29.2 Å². The number of ether oxygens (including phenoxy) is 2. The van der Waals surface area contributed by atoms with Gasteiger partial charge in [0, 0.05) is 29.2 Å². The first-order valence-corrected chi connectivity index (χ1v) is 8.27. The molecule has 3 rings (SSSR count). The molecule has 5 heteroatoms. The predicted molar refractivity (Wildman–Crippen MR) is 93.9 cm³/mol. The van der Waals surface area contributed by atoms with E-state index in [0.29, 0.717) is 34.7 Å². The van der Waals surface area contributed by atoms with Crippen molar-refractivity contribution in [3.8, 4) is 11.5 Å². The molecule has 1 aliphatic carbocycles. The third kappa shape index (κ3) is 3.82. The Hall–Kier alpha value is -2.20. The highest BCUT2D eigenvalue weighted by Gasteiger charge is 2.33. The molecule has 1 amide bonds. The second-order valence-corrected chi connectivity index (χ2v) is 6.33. The first-order valence-electron chi connectivity index (χ1n) is 7.89. The molecule has 1 fully saturated rings. The highest BCUT2D eigenvalue weighted by molar-refractivity contribution is 6.30. The zero-order valence-electron chi connectivity index (χ0n) is 13.8. The Bertz CT molecular complexity index is 704. The fourth-order valence-corrected chi connectivity index (χ4v) is 2.76. The molecule has 2 aromatic carbocycles. The van der Waals surface area contributed by atoms with Crippen molar-refractivity contribution < 1.29 is 14.3 Å². The SMILES string of the molecule is COc1cc(OC)cc(C(=O)N(Cc2ccc(Cl)cc2)C2CC2)c1. The molecule has 2 aromatic rings. The molecule has 0 aromatic heterocycles.